The van der Waals surface area contributed by atoms with E-state index in [1.54, 1.807) is 52.0 Å². The highest BCUT2D eigenvalue weighted by molar-refractivity contribution is 7.44. The van der Waals surface area contributed by atoms with Crippen LogP contribution in [0.1, 0.15) is 83.6 Å². The quantitative estimate of drug-likeness (QED) is 0.0206. The Hall–Kier alpha value is -5.61. The maximum Gasteiger partial charge on any atom is 0.336 e. The molecule has 0 spiro atoms. The third kappa shape index (κ3) is 11.0. The van der Waals surface area contributed by atoms with Gasteiger partial charge in [-0.05, 0) is 107 Å². The Morgan fingerprint density at radius 3 is 1.97 bits per heavy atom. The molecular weight excluding hydrogens is 834 g/mol. The van der Waals surface area contributed by atoms with Gasteiger partial charge in [0.25, 0.3) is 8.53 Å². The zero-order valence-electron chi connectivity index (χ0n) is 38.0. The number of carbonyl (C=O) groups excluding carboxylic acids is 2. The number of carbonyl (C=O) groups is 2. The molecule has 64 heavy (non-hydrogen) atoms. The molecule has 2 unspecified atom stereocenters. The number of hydrogen-bond acceptors (Lipinski definition) is 12. The molecule has 1 amide bonds. The van der Waals surface area contributed by atoms with Crippen LogP contribution in [0.3, 0.4) is 0 Å². The number of esters is 1. The van der Waals surface area contributed by atoms with Crippen molar-refractivity contribution >= 4 is 31.4 Å². The molecule has 14 heteroatoms. The van der Waals surface area contributed by atoms with Crippen molar-refractivity contribution in [2.24, 2.45) is 5.41 Å². The van der Waals surface area contributed by atoms with Crippen molar-refractivity contribution in [3.8, 4) is 23.3 Å². The highest BCUT2D eigenvalue weighted by Crippen LogP contribution is 2.50. The number of amides is 1. The van der Waals surface area contributed by atoms with Crippen molar-refractivity contribution in [1.82, 2.24) is 9.57 Å². The van der Waals surface area contributed by atoms with E-state index in [-0.39, 0.29) is 61.7 Å². The summed E-state index contributed by atoms with van der Waals surface area (Å²) in [6, 6.07) is 33.5. The molecule has 338 valence electrons. The minimum atomic E-state index is -1.68. The molecule has 3 atom stereocenters. The zero-order valence-corrected chi connectivity index (χ0v) is 38.9. The number of nitrogens with zero attached hydrogens (tertiary/aromatic N) is 3. The van der Waals surface area contributed by atoms with Gasteiger partial charge in [-0.3, -0.25) is 9.59 Å². The number of rotatable bonds is 18. The Labute approximate surface area is 376 Å². The molecular formula is C50H58N3O10P. The lowest BCUT2D eigenvalue weighted by Crippen LogP contribution is -2.45. The van der Waals surface area contributed by atoms with E-state index in [0.717, 1.165) is 16.7 Å². The summed E-state index contributed by atoms with van der Waals surface area (Å²) in [5.74, 6) is 0.770. The molecule has 1 aromatic heterocycles. The van der Waals surface area contributed by atoms with Crippen molar-refractivity contribution < 1.29 is 42.0 Å². The summed E-state index contributed by atoms with van der Waals surface area (Å²) in [6.07, 6.45) is -1.16. The number of methoxy groups -OCH3 is 2. The second-order valence-electron chi connectivity index (χ2n) is 17.2. The number of nitriles is 1. The third-order valence-corrected chi connectivity index (χ3v) is 13.1. The molecule has 1 aliphatic rings. The van der Waals surface area contributed by atoms with Crippen LogP contribution in [0, 0.1) is 16.7 Å². The van der Waals surface area contributed by atoms with Gasteiger partial charge in [-0.1, -0.05) is 54.6 Å². The fourth-order valence-electron chi connectivity index (χ4n) is 7.81. The molecule has 0 bridgehead atoms. The molecule has 6 rings (SSSR count). The Balaban J connectivity index is 1.46. The minimum absolute atomic E-state index is 0.0471. The van der Waals surface area contributed by atoms with Crippen molar-refractivity contribution in [2.75, 3.05) is 27.4 Å². The number of fused-ring (bicyclic) bond motifs is 1. The molecule has 0 N–H and O–H groups in total. The average molecular weight is 892 g/mol. The molecule has 5 aromatic rings. The lowest BCUT2D eigenvalue weighted by atomic mass is 9.80. The molecule has 2 heterocycles. The van der Waals surface area contributed by atoms with Gasteiger partial charge in [0.15, 0.2) is 0 Å². The summed E-state index contributed by atoms with van der Waals surface area (Å²) >= 11 is 0. The highest BCUT2D eigenvalue weighted by Gasteiger charge is 2.47. The smallest absolute Gasteiger partial charge is 0.336 e. The molecule has 1 fully saturated rings. The van der Waals surface area contributed by atoms with Gasteiger partial charge in [-0.2, -0.15) is 5.26 Å². The maximum absolute atomic E-state index is 15.0. The number of ether oxygens (including phenoxy) is 4. The topological polar surface area (TPSA) is 150 Å². The second kappa shape index (κ2) is 20.9. The van der Waals surface area contributed by atoms with E-state index in [1.807, 2.05) is 78.9 Å². The van der Waals surface area contributed by atoms with Crippen LogP contribution in [0.25, 0.3) is 11.0 Å². The third-order valence-electron chi connectivity index (χ3n) is 10.9. The molecule has 1 saturated heterocycles. The molecule has 1 aliphatic heterocycles. The van der Waals surface area contributed by atoms with E-state index >= 15 is 4.79 Å². The van der Waals surface area contributed by atoms with Crippen LogP contribution < -0.4 is 19.8 Å². The van der Waals surface area contributed by atoms with Crippen LogP contribution in [0.2, 0.25) is 0 Å². The van der Waals surface area contributed by atoms with Gasteiger partial charge in [0.2, 0.25) is 5.91 Å². The lowest BCUT2D eigenvalue weighted by molar-refractivity contribution is -0.152. The standard InChI is InChI=1S/C50H58N3O10P/c1-33(2)53(34(3)4)64(59-27-13-26-51)63-42-31-46(52(32-42)45(54)28-35-29-47(55)61-44-30-41(24-25-43(35)44)60-48(56)49(5,6)7)62-50(36-14-11-10-12-15-36,37-16-20-39(57-8)21-17-37)38-18-22-40(58-9)23-19-38/h10-12,14-25,29-30,33-34,42,46H,13,27-28,31-32H2,1-9H3/t42-,46?,64?/m1/s1. The van der Waals surface area contributed by atoms with Gasteiger partial charge in [0.05, 0.1) is 57.8 Å². The lowest BCUT2D eigenvalue weighted by Gasteiger charge is -2.40. The zero-order chi connectivity index (χ0) is 46.2. The van der Waals surface area contributed by atoms with Crippen LogP contribution in [0.4, 0.5) is 0 Å². The van der Waals surface area contributed by atoms with Crippen molar-refractivity contribution in [3.63, 3.8) is 0 Å². The molecule has 13 nitrogen and oxygen atoms in total. The van der Waals surface area contributed by atoms with Crippen LogP contribution in [-0.2, 0) is 35.4 Å². The van der Waals surface area contributed by atoms with Crippen molar-refractivity contribution in [3.05, 3.63) is 136 Å². The first-order chi connectivity index (χ1) is 30.6. The molecule has 4 aromatic carbocycles. The van der Waals surface area contributed by atoms with Crippen LogP contribution >= 0.6 is 8.53 Å². The Bertz CT molecular complexity index is 2410. The largest absolute Gasteiger partial charge is 0.497 e. The second-order valence-corrected chi connectivity index (χ2v) is 18.6. The normalized spacial score (nSPS) is 16.0. The van der Waals surface area contributed by atoms with E-state index in [0.29, 0.717) is 22.4 Å². The first-order valence-electron chi connectivity index (χ1n) is 21.4. The van der Waals surface area contributed by atoms with Gasteiger partial charge >= 0.3 is 11.6 Å². The van der Waals surface area contributed by atoms with Crippen LogP contribution in [0.15, 0.2) is 112 Å². The number of likely N-dealkylation sites (tertiary alicyclic amines) is 1. The predicted octanol–water partition coefficient (Wildman–Crippen LogP) is 9.53. The SMILES string of the molecule is COc1ccc(C(OC2C[C@@H](OP(OCCC#N)N(C(C)C)C(C)C)CN2C(=O)Cc2cc(=O)oc3cc(OC(=O)C(C)(C)C)ccc23)(c2ccccc2)c2ccc(OC)cc2)cc1. The van der Waals surface area contributed by atoms with Gasteiger partial charge in [0, 0.05) is 36.0 Å². The van der Waals surface area contributed by atoms with E-state index < -0.39 is 43.5 Å². The summed E-state index contributed by atoms with van der Waals surface area (Å²) in [5, 5.41) is 9.90. The predicted molar refractivity (Wildman–Crippen MR) is 245 cm³/mol. The minimum Gasteiger partial charge on any atom is -0.497 e. The number of benzene rings is 4. The van der Waals surface area contributed by atoms with E-state index in [9.17, 15) is 14.9 Å². The van der Waals surface area contributed by atoms with Gasteiger partial charge in [0.1, 0.15) is 34.7 Å². The molecule has 0 aliphatic carbocycles. The van der Waals surface area contributed by atoms with Gasteiger partial charge < -0.3 is 37.3 Å². The van der Waals surface area contributed by atoms with Crippen molar-refractivity contribution in [2.45, 2.75) is 97.7 Å². The first-order valence-corrected chi connectivity index (χ1v) is 22.6. The summed E-state index contributed by atoms with van der Waals surface area (Å²) in [6.45, 7) is 13.8. The summed E-state index contributed by atoms with van der Waals surface area (Å²) in [5.41, 5.74) is 0.280. The molecule has 0 saturated carbocycles. The van der Waals surface area contributed by atoms with Gasteiger partial charge in [-0.15, -0.1) is 0 Å². The average Bonchev–Trinajstić information content (AvgIpc) is 3.67. The van der Waals surface area contributed by atoms with Crippen LogP contribution in [0.5, 0.6) is 17.2 Å². The van der Waals surface area contributed by atoms with E-state index in [4.69, 9.17) is 32.4 Å². The van der Waals surface area contributed by atoms with Gasteiger partial charge in [-0.25, -0.2) is 9.46 Å². The monoisotopic (exact) mass is 891 g/mol. The Kier molecular flexibility index (Phi) is 15.6. The van der Waals surface area contributed by atoms with E-state index in [1.165, 1.54) is 12.1 Å². The van der Waals surface area contributed by atoms with Crippen molar-refractivity contribution in [1.29, 1.82) is 5.26 Å². The summed E-state index contributed by atoms with van der Waals surface area (Å²) in [7, 11) is 1.54. The summed E-state index contributed by atoms with van der Waals surface area (Å²) < 4.78 is 45.2. The van der Waals surface area contributed by atoms with Crippen LogP contribution in [-0.4, -0.2) is 73.2 Å². The van der Waals surface area contributed by atoms with E-state index in [2.05, 4.69) is 38.4 Å². The highest BCUT2D eigenvalue weighted by atomic mass is 31.2. The molecule has 0 radical (unpaired) electrons. The number of hydrogen-bond donors (Lipinski definition) is 0. The Morgan fingerprint density at radius 1 is 0.844 bits per heavy atom. The fraction of sp³-hybridized carbons (Fsp3) is 0.400. The maximum atomic E-state index is 15.0. The summed E-state index contributed by atoms with van der Waals surface area (Å²) in [4.78, 5) is 42.5. The fourth-order valence-corrected chi connectivity index (χ4v) is 9.53. The first kappa shape index (κ1) is 47.9. The Morgan fingerprint density at radius 2 is 1.42 bits per heavy atom.